The number of morpholine rings is 1. The van der Waals surface area contributed by atoms with Crippen molar-refractivity contribution in [2.75, 3.05) is 38.3 Å². The van der Waals surface area contributed by atoms with E-state index in [-0.39, 0.29) is 0 Å². The average molecular weight is 464 g/mol. The van der Waals surface area contributed by atoms with Crippen LogP contribution in [-0.4, -0.2) is 43.3 Å². The number of halogens is 3. The summed E-state index contributed by atoms with van der Waals surface area (Å²) in [6.07, 6.45) is -1.05. The van der Waals surface area contributed by atoms with E-state index in [1.807, 2.05) is 7.05 Å². The Hall–Kier alpha value is -2.23. The number of hydrogen-bond acceptors (Lipinski definition) is 5. The van der Waals surface area contributed by atoms with E-state index in [1.54, 1.807) is 23.5 Å². The number of ether oxygens (including phenoxy) is 1. The van der Waals surface area contributed by atoms with Gasteiger partial charge in [-0.25, -0.2) is 9.97 Å². The zero-order valence-electron chi connectivity index (χ0n) is 18.0. The summed E-state index contributed by atoms with van der Waals surface area (Å²) in [5.74, 6) is 1.71. The van der Waals surface area contributed by atoms with Crippen LogP contribution in [0.25, 0.3) is 10.2 Å². The third-order valence-electron chi connectivity index (χ3n) is 6.26. The van der Waals surface area contributed by atoms with E-state index in [9.17, 15) is 13.2 Å². The largest absolute Gasteiger partial charge is 0.416 e. The second kappa shape index (κ2) is 8.61. The number of aromatic nitrogens is 2. The fourth-order valence-corrected chi connectivity index (χ4v) is 5.86. The van der Waals surface area contributed by atoms with Gasteiger partial charge in [0.1, 0.15) is 30.3 Å². The molecule has 0 bridgehead atoms. The molecule has 5 rings (SSSR count). The Morgan fingerprint density at radius 2 is 1.84 bits per heavy atom. The first-order chi connectivity index (χ1) is 15.4. The first-order valence-electron chi connectivity index (χ1n) is 11.0. The smallest absolute Gasteiger partial charge is 0.370 e. The molecule has 1 N–H and O–H groups in total. The number of benzene rings is 1. The number of anilines is 1. The molecular weight excluding hydrogens is 437 g/mol. The fraction of sp³-hybridized carbons (Fsp3) is 0.478. The number of fused-ring (bicyclic) bond motifs is 3. The summed E-state index contributed by atoms with van der Waals surface area (Å²) < 4.78 is 44.2. The quantitative estimate of drug-likeness (QED) is 0.631. The van der Waals surface area contributed by atoms with Crippen LogP contribution in [0.3, 0.4) is 0 Å². The Kier molecular flexibility index (Phi) is 5.81. The van der Waals surface area contributed by atoms with Crippen LogP contribution in [0.1, 0.15) is 33.8 Å². The first kappa shape index (κ1) is 21.6. The molecule has 1 aliphatic carbocycles. The number of rotatable bonds is 5. The van der Waals surface area contributed by atoms with Crippen molar-refractivity contribution < 1.29 is 22.8 Å². The summed E-state index contributed by atoms with van der Waals surface area (Å²) in [4.78, 5) is 15.8. The molecule has 5 nitrogen and oxygen atoms in total. The van der Waals surface area contributed by atoms with Gasteiger partial charge in [-0.05, 0) is 42.5 Å². The molecule has 1 aliphatic heterocycles. The van der Waals surface area contributed by atoms with Crippen LogP contribution < -0.4 is 9.80 Å². The molecule has 2 aliphatic rings. The monoisotopic (exact) mass is 463 g/mol. The minimum atomic E-state index is -4.32. The van der Waals surface area contributed by atoms with Gasteiger partial charge in [0, 0.05) is 18.5 Å². The normalized spacial score (nSPS) is 17.1. The molecule has 0 atom stereocenters. The predicted octanol–water partition coefficient (Wildman–Crippen LogP) is 3.25. The maximum absolute atomic E-state index is 12.9. The van der Waals surface area contributed by atoms with Gasteiger partial charge in [-0.15, -0.1) is 11.3 Å². The van der Waals surface area contributed by atoms with Gasteiger partial charge in [-0.2, -0.15) is 13.2 Å². The van der Waals surface area contributed by atoms with E-state index >= 15 is 0 Å². The van der Waals surface area contributed by atoms with Crippen molar-refractivity contribution in [1.82, 2.24) is 9.97 Å². The van der Waals surface area contributed by atoms with Crippen molar-refractivity contribution in [2.24, 2.45) is 0 Å². The summed E-state index contributed by atoms with van der Waals surface area (Å²) in [6, 6.07) is 5.39. The van der Waals surface area contributed by atoms with Gasteiger partial charge in [-0.1, -0.05) is 12.1 Å². The Balaban J connectivity index is 1.46. The minimum Gasteiger partial charge on any atom is -0.370 e. The Labute approximate surface area is 188 Å². The predicted molar refractivity (Wildman–Crippen MR) is 118 cm³/mol. The molecule has 1 fully saturated rings. The molecule has 0 unspecified atom stereocenters. The molecule has 0 radical (unpaired) electrons. The fourth-order valence-electron chi connectivity index (χ4n) is 4.58. The molecule has 3 heterocycles. The lowest BCUT2D eigenvalue weighted by Crippen LogP contribution is -3.12. The van der Waals surface area contributed by atoms with Gasteiger partial charge < -0.3 is 14.5 Å². The third kappa shape index (κ3) is 4.33. The number of nitrogens with zero attached hydrogens (tertiary/aromatic N) is 3. The third-order valence-corrected chi connectivity index (χ3v) is 7.45. The van der Waals surface area contributed by atoms with Crippen molar-refractivity contribution >= 4 is 27.4 Å². The summed E-state index contributed by atoms with van der Waals surface area (Å²) in [7, 11) is 1.96. The van der Waals surface area contributed by atoms with Gasteiger partial charge >= 0.3 is 6.18 Å². The maximum Gasteiger partial charge on any atom is 0.416 e. The van der Waals surface area contributed by atoms with E-state index in [1.165, 1.54) is 15.3 Å². The summed E-state index contributed by atoms with van der Waals surface area (Å²) in [5.41, 5.74) is 1.55. The molecule has 9 heteroatoms. The molecule has 0 saturated carbocycles. The zero-order chi connectivity index (χ0) is 22.3. The highest BCUT2D eigenvalue weighted by Crippen LogP contribution is 2.40. The van der Waals surface area contributed by atoms with Crippen molar-refractivity contribution in [2.45, 2.75) is 38.5 Å². The molecule has 32 heavy (non-hydrogen) atoms. The molecule has 3 aromatic rings. The second-order valence-electron chi connectivity index (χ2n) is 8.59. The Bertz CT molecular complexity index is 1110. The number of alkyl halides is 3. The van der Waals surface area contributed by atoms with Crippen molar-refractivity contribution in [3.63, 3.8) is 0 Å². The highest BCUT2D eigenvalue weighted by atomic mass is 32.1. The van der Waals surface area contributed by atoms with Gasteiger partial charge in [0.15, 0.2) is 5.82 Å². The molecule has 2 aromatic heterocycles. The average Bonchev–Trinajstić information content (AvgIpc) is 3.35. The van der Waals surface area contributed by atoms with Crippen LogP contribution in [0.4, 0.5) is 19.0 Å². The molecule has 1 aromatic carbocycles. The van der Waals surface area contributed by atoms with Gasteiger partial charge in [0.2, 0.25) is 0 Å². The van der Waals surface area contributed by atoms with Gasteiger partial charge in [-0.3, -0.25) is 0 Å². The van der Waals surface area contributed by atoms with Crippen molar-refractivity contribution in [1.29, 1.82) is 0 Å². The van der Waals surface area contributed by atoms with Gasteiger partial charge in [0.05, 0.1) is 24.2 Å². The number of quaternary nitrogens is 1. The topological polar surface area (TPSA) is 42.7 Å². The maximum atomic E-state index is 12.9. The lowest BCUT2D eigenvalue weighted by Gasteiger charge is -2.24. The molecular formula is C23H26F3N4OS+. The molecule has 1 saturated heterocycles. The van der Waals surface area contributed by atoms with Crippen molar-refractivity contribution in [3.05, 3.63) is 51.7 Å². The summed E-state index contributed by atoms with van der Waals surface area (Å²) >= 11 is 1.77. The lowest BCUT2D eigenvalue weighted by atomic mass is 10.1. The summed E-state index contributed by atoms with van der Waals surface area (Å²) in [5, 5.41) is 1.12. The lowest BCUT2D eigenvalue weighted by molar-refractivity contribution is -0.922. The van der Waals surface area contributed by atoms with E-state index in [4.69, 9.17) is 14.7 Å². The van der Waals surface area contributed by atoms with Crippen LogP contribution >= 0.6 is 11.3 Å². The standard InChI is InChI=1S/C23H25F3N4OS/c1-29(13-15-5-7-16(8-6-15)23(24,25)26)21-20-17-3-2-4-18(17)32-22(20)28-19(27-21)14-30-9-11-31-12-10-30/h5-8H,2-4,9-14H2,1H3/p+1. The van der Waals surface area contributed by atoms with Gasteiger partial charge in [0.25, 0.3) is 0 Å². The molecule has 0 amide bonds. The number of aryl methyl sites for hydroxylation is 2. The molecule has 0 spiro atoms. The number of nitrogens with one attached hydrogen (secondary N) is 1. The molecule has 170 valence electrons. The Morgan fingerprint density at radius 3 is 2.56 bits per heavy atom. The minimum absolute atomic E-state index is 0.485. The van der Waals surface area contributed by atoms with E-state index in [0.717, 1.165) is 91.7 Å². The highest BCUT2D eigenvalue weighted by Gasteiger charge is 2.30. The first-order valence-corrected chi connectivity index (χ1v) is 11.8. The SMILES string of the molecule is CN(Cc1ccc(C(F)(F)F)cc1)c1nc(C[NH+]2CCOCC2)nc2sc3c(c12)CCC3. The van der Waals surface area contributed by atoms with Crippen LogP contribution in [0, 0.1) is 0 Å². The van der Waals surface area contributed by atoms with Crippen molar-refractivity contribution in [3.8, 4) is 0 Å². The van der Waals surface area contributed by atoms with E-state index < -0.39 is 11.7 Å². The Morgan fingerprint density at radius 1 is 1.09 bits per heavy atom. The van der Waals surface area contributed by atoms with Crippen LogP contribution in [0.5, 0.6) is 0 Å². The highest BCUT2D eigenvalue weighted by molar-refractivity contribution is 7.19. The van der Waals surface area contributed by atoms with Crippen LogP contribution in [0.2, 0.25) is 0 Å². The van der Waals surface area contributed by atoms with Crippen LogP contribution in [-0.2, 0) is 36.8 Å². The summed E-state index contributed by atoms with van der Waals surface area (Å²) in [6.45, 7) is 4.64. The number of hydrogen-bond donors (Lipinski definition) is 1. The number of thiophene rings is 1. The van der Waals surface area contributed by atoms with E-state index in [0.29, 0.717) is 6.54 Å². The van der Waals surface area contributed by atoms with Crippen LogP contribution in [0.15, 0.2) is 24.3 Å². The second-order valence-corrected chi connectivity index (χ2v) is 9.67. The zero-order valence-corrected chi connectivity index (χ0v) is 18.8. The van der Waals surface area contributed by atoms with E-state index in [2.05, 4.69) is 4.90 Å².